The van der Waals surface area contributed by atoms with Gasteiger partial charge in [-0.05, 0) is 6.92 Å². The average Bonchev–Trinajstić information content (AvgIpc) is 2.74. The van der Waals surface area contributed by atoms with Crippen LogP contribution < -0.4 is 5.32 Å². The second-order valence-corrected chi connectivity index (χ2v) is 8.08. The molecule has 0 aromatic carbocycles. The number of carbonyl (C=O) groups is 1. The molecule has 7 heteroatoms. The molecule has 1 aromatic rings. The minimum Gasteiger partial charge on any atom is -0.348 e. The molecule has 1 atom stereocenters. The minimum atomic E-state index is -3.10. The number of nitrogens with zero attached hydrogens (tertiary/aromatic N) is 1. The number of thiazole rings is 1. The lowest BCUT2D eigenvalue weighted by atomic mass is 10.2. The molecular formula is C12H20N2O3S2. The second kappa shape index (κ2) is 6.47. The van der Waals surface area contributed by atoms with E-state index in [0.29, 0.717) is 5.92 Å². The Morgan fingerprint density at radius 1 is 1.42 bits per heavy atom. The molecule has 0 spiro atoms. The molecular weight excluding hydrogens is 284 g/mol. The molecule has 1 rings (SSSR count). The molecule has 5 nitrogen and oxygen atoms in total. The second-order valence-electron chi connectivity index (χ2n) is 4.93. The molecule has 0 fully saturated rings. The molecule has 0 radical (unpaired) electrons. The summed E-state index contributed by atoms with van der Waals surface area (Å²) in [5.74, 6) is -0.0243. The number of nitrogens with one attached hydrogen (secondary N) is 1. The number of hydrogen-bond donors (Lipinski definition) is 1. The number of aromatic nitrogens is 1. The highest BCUT2D eigenvalue weighted by Crippen LogP contribution is 2.22. The lowest BCUT2D eigenvalue weighted by Crippen LogP contribution is -2.28. The zero-order valence-electron chi connectivity index (χ0n) is 11.6. The molecule has 19 heavy (non-hydrogen) atoms. The van der Waals surface area contributed by atoms with E-state index in [1.54, 1.807) is 11.3 Å². The SMILES string of the molecule is CC(C)c1nc(C(C)NC(=O)CCS(C)(=O)=O)cs1. The molecule has 0 aliphatic rings. The van der Waals surface area contributed by atoms with E-state index < -0.39 is 9.84 Å². The van der Waals surface area contributed by atoms with Gasteiger partial charge in [-0.15, -0.1) is 11.3 Å². The fraction of sp³-hybridized carbons (Fsp3) is 0.667. The summed E-state index contributed by atoms with van der Waals surface area (Å²) in [4.78, 5) is 16.1. The molecule has 108 valence electrons. The summed E-state index contributed by atoms with van der Waals surface area (Å²) in [5, 5.41) is 5.72. The summed E-state index contributed by atoms with van der Waals surface area (Å²) in [6.07, 6.45) is 1.11. The van der Waals surface area contributed by atoms with Gasteiger partial charge in [-0.25, -0.2) is 13.4 Å². The van der Waals surface area contributed by atoms with E-state index in [4.69, 9.17) is 0 Å². The van der Waals surface area contributed by atoms with E-state index in [9.17, 15) is 13.2 Å². The van der Waals surface area contributed by atoms with Gasteiger partial charge in [-0.1, -0.05) is 13.8 Å². The van der Waals surface area contributed by atoms with Gasteiger partial charge in [0.2, 0.25) is 5.91 Å². The Hall–Kier alpha value is -0.950. The predicted molar refractivity (Wildman–Crippen MR) is 77.1 cm³/mol. The van der Waals surface area contributed by atoms with E-state index >= 15 is 0 Å². The van der Waals surface area contributed by atoms with Crippen molar-refractivity contribution in [3.8, 4) is 0 Å². The first-order valence-corrected chi connectivity index (χ1v) is 9.05. The number of carbonyl (C=O) groups excluding carboxylic acids is 1. The third-order valence-electron chi connectivity index (χ3n) is 2.55. The first-order chi connectivity index (χ1) is 8.69. The maximum Gasteiger partial charge on any atom is 0.221 e. The van der Waals surface area contributed by atoms with Crippen LogP contribution in [0.1, 0.15) is 49.9 Å². The van der Waals surface area contributed by atoms with Crippen molar-refractivity contribution in [2.75, 3.05) is 12.0 Å². The summed E-state index contributed by atoms with van der Waals surface area (Å²) >= 11 is 1.57. The number of hydrogen-bond acceptors (Lipinski definition) is 5. The van der Waals surface area contributed by atoms with Crippen LogP contribution in [0.15, 0.2) is 5.38 Å². The number of rotatable bonds is 6. The van der Waals surface area contributed by atoms with Gasteiger partial charge in [-0.3, -0.25) is 4.79 Å². The van der Waals surface area contributed by atoms with Crippen molar-refractivity contribution in [1.29, 1.82) is 0 Å². The Kier molecular flexibility index (Phi) is 5.49. The third kappa shape index (κ3) is 5.69. The van der Waals surface area contributed by atoms with Gasteiger partial charge in [0.05, 0.1) is 22.5 Å². The maximum atomic E-state index is 11.6. The normalized spacial score (nSPS) is 13.5. The van der Waals surface area contributed by atoms with Gasteiger partial charge >= 0.3 is 0 Å². The fourth-order valence-electron chi connectivity index (χ4n) is 1.43. The Labute approximate surface area is 118 Å². The molecule has 1 amide bonds. The van der Waals surface area contributed by atoms with Crippen LogP contribution in [-0.2, 0) is 14.6 Å². The summed E-state index contributed by atoms with van der Waals surface area (Å²) in [7, 11) is -3.10. The van der Waals surface area contributed by atoms with Gasteiger partial charge in [0.1, 0.15) is 9.84 Å². The molecule has 0 aliphatic carbocycles. The van der Waals surface area contributed by atoms with Crippen molar-refractivity contribution in [3.05, 3.63) is 16.1 Å². The Morgan fingerprint density at radius 3 is 2.53 bits per heavy atom. The molecule has 1 unspecified atom stereocenters. The molecule has 1 heterocycles. The van der Waals surface area contributed by atoms with Crippen LogP contribution in [0.4, 0.5) is 0 Å². The largest absolute Gasteiger partial charge is 0.348 e. The zero-order valence-corrected chi connectivity index (χ0v) is 13.3. The summed E-state index contributed by atoms with van der Waals surface area (Å²) < 4.78 is 22.0. The van der Waals surface area contributed by atoms with Crippen LogP contribution in [-0.4, -0.2) is 31.3 Å². The Bertz CT molecular complexity index is 535. The van der Waals surface area contributed by atoms with Crippen molar-refractivity contribution < 1.29 is 13.2 Å². The van der Waals surface area contributed by atoms with Crippen molar-refractivity contribution in [2.24, 2.45) is 0 Å². The quantitative estimate of drug-likeness (QED) is 0.870. The van der Waals surface area contributed by atoms with E-state index in [1.165, 1.54) is 0 Å². The van der Waals surface area contributed by atoms with Crippen molar-refractivity contribution >= 4 is 27.1 Å². The van der Waals surface area contributed by atoms with E-state index in [1.807, 2.05) is 12.3 Å². The maximum absolute atomic E-state index is 11.6. The average molecular weight is 304 g/mol. The van der Waals surface area contributed by atoms with Crippen LogP contribution in [0.5, 0.6) is 0 Å². The van der Waals surface area contributed by atoms with Crippen LogP contribution >= 0.6 is 11.3 Å². The van der Waals surface area contributed by atoms with Gasteiger partial charge in [0, 0.05) is 24.0 Å². The Morgan fingerprint density at radius 2 is 2.05 bits per heavy atom. The van der Waals surface area contributed by atoms with Crippen LogP contribution in [0, 0.1) is 0 Å². The summed E-state index contributed by atoms with van der Waals surface area (Å²) in [6, 6.07) is -0.198. The van der Waals surface area contributed by atoms with Crippen LogP contribution in [0.25, 0.3) is 0 Å². The van der Waals surface area contributed by atoms with Crippen molar-refractivity contribution in [1.82, 2.24) is 10.3 Å². The van der Waals surface area contributed by atoms with Crippen molar-refractivity contribution in [3.63, 3.8) is 0 Å². The zero-order chi connectivity index (χ0) is 14.6. The highest BCUT2D eigenvalue weighted by Gasteiger charge is 2.15. The standard InChI is InChI=1S/C12H20N2O3S2/c1-8(2)12-14-10(7-18-12)9(3)13-11(15)5-6-19(4,16)17/h7-9H,5-6H2,1-4H3,(H,13,15). The van der Waals surface area contributed by atoms with Gasteiger partial charge < -0.3 is 5.32 Å². The Balaban J connectivity index is 2.54. The first kappa shape index (κ1) is 16.1. The van der Waals surface area contributed by atoms with E-state index in [0.717, 1.165) is 17.0 Å². The van der Waals surface area contributed by atoms with Gasteiger partial charge in [-0.2, -0.15) is 0 Å². The fourth-order valence-corrected chi connectivity index (χ4v) is 2.92. The number of sulfone groups is 1. The van der Waals surface area contributed by atoms with E-state index in [-0.39, 0.29) is 24.1 Å². The highest BCUT2D eigenvalue weighted by atomic mass is 32.2. The lowest BCUT2D eigenvalue weighted by Gasteiger charge is -2.11. The molecule has 0 bridgehead atoms. The van der Waals surface area contributed by atoms with Crippen LogP contribution in [0.2, 0.25) is 0 Å². The molecule has 1 aromatic heterocycles. The molecule has 1 N–H and O–H groups in total. The topological polar surface area (TPSA) is 76.1 Å². The summed E-state index contributed by atoms with van der Waals surface area (Å²) in [5.41, 5.74) is 0.821. The monoisotopic (exact) mass is 304 g/mol. The molecule has 0 saturated heterocycles. The highest BCUT2D eigenvalue weighted by molar-refractivity contribution is 7.90. The van der Waals surface area contributed by atoms with Crippen LogP contribution in [0.3, 0.4) is 0 Å². The number of amides is 1. The van der Waals surface area contributed by atoms with E-state index in [2.05, 4.69) is 24.1 Å². The van der Waals surface area contributed by atoms with Gasteiger partial charge in [0.25, 0.3) is 0 Å². The predicted octanol–water partition coefficient (Wildman–Crippen LogP) is 1.88. The minimum absolute atomic E-state index is 0.00958. The molecule has 0 saturated carbocycles. The van der Waals surface area contributed by atoms with Crippen molar-refractivity contribution in [2.45, 2.75) is 39.2 Å². The first-order valence-electron chi connectivity index (χ1n) is 6.11. The lowest BCUT2D eigenvalue weighted by molar-refractivity contribution is -0.121. The van der Waals surface area contributed by atoms with Gasteiger partial charge in [0.15, 0.2) is 0 Å². The third-order valence-corrected chi connectivity index (χ3v) is 4.66. The smallest absolute Gasteiger partial charge is 0.221 e. The summed E-state index contributed by atoms with van der Waals surface area (Å²) in [6.45, 7) is 5.98. The molecule has 0 aliphatic heterocycles.